The minimum absolute atomic E-state index is 0. The zero-order chi connectivity index (χ0) is 0. The van der Waals surface area contributed by atoms with Gasteiger partial charge >= 0.3 is 1.43 Å². The third kappa shape index (κ3) is 781. The minimum atomic E-state index is 0. The van der Waals surface area contributed by atoms with E-state index in [-0.39, 0.29) is 54.1 Å². The summed E-state index contributed by atoms with van der Waals surface area (Å²) in [6.07, 6.45) is 0. The molecule has 0 heterocycles. The second kappa shape index (κ2) is 1180. The summed E-state index contributed by atoms with van der Waals surface area (Å²) < 4.78 is 0. The van der Waals surface area contributed by atoms with Gasteiger partial charge in [-0.05, 0) is 0 Å². The quantitative estimate of drug-likeness (QED) is 0.432. The van der Waals surface area contributed by atoms with Crippen LogP contribution in [0.4, 0.5) is 28.2 Å². The summed E-state index contributed by atoms with van der Waals surface area (Å²) in [5.41, 5.74) is 0. The first-order valence-electron chi connectivity index (χ1n) is 0. The molecule has 7 heteroatoms. The van der Waals surface area contributed by atoms with Crippen LogP contribution in [0.2, 0.25) is 0 Å². The van der Waals surface area contributed by atoms with Gasteiger partial charge in [-0.3, -0.25) is 28.2 Å². The van der Waals surface area contributed by atoms with Crippen molar-refractivity contribution in [1.82, 2.24) is 0 Å². The molecule has 7 heavy (non-hydrogen) atoms. The Bertz CT molecular complexity index is 8.49. The molecule has 53 valence electrons. The van der Waals surface area contributed by atoms with Crippen molar-refractivity contribution in [1.29, 1.82) is 0 Å². The third-order valence-electron chi connectivity index (χ3n) is 0. The molecule has 0 saturated heterocycles. The number of hydrogen-bond acceptors (Lipinski definition) is 0. The summed E-state index contributed by atoms with van der Waals surface area (Å²) in [7, 11) is 0. The van der Waals surface area contributed by atoms with Crippen LogP contribution < -0.4 is 0 Å². The van der Waals surface area contributed by atoms with Crippen LogP contribution in [0.5, 0.6) is 0 Å². The Labute approximate surface area is 54.8 Å². The average Bonchev–Trinajstić information content (AvgIpc) is 0. The van der Waals surface area contributed by atoms with Crippen LogP contribution in [0, 0.1) is 0 Å². The molecule has 0 aromatic carbocycles. The Balaban J connectivity index is 0. The molecule has 0 aliphatic heterocycles. The number of hydrogen-bond donors (Lipinski definition) is 0. The van der Waals surface area contributed by atoms with Gasteiger partial charge in [0.15, 0.2) is 0 Å². The van der Waals surface area contributed by atoms with Crippen molar-refractivity contribution in [3.8, 4) is 0 Å². The van der Waals surface area contributed by atoms with E-state index >= 15 is 0 Å². The first-order chi connectivity index (χ1) is 0. The molecular formula is H7F6Sb+. The SMILES string of the molecule is F.F.F.F.F.F.[H+].[Sb]. The molecule has 0 saturated carbocycles. The first kappa shape index (κ1) is 1910. The Morgan fingerprint density at radius 1 is 0.429 bits per heavy atom. The third-order valence-corrected chi connectivity index (χ3v) is 0. The maximum atomic E-state index is 0. The molecule has 0 aliphatic carbocycles. The molecule has 0 aliphatic rings. The maximum absolute atomic E-state index is 0. The van der Waals surface area contributed by atoms with E-state index in [0.29, 0.717) is 0 Å². The first-order valence-corrected chi connectivity index (χ1v) is 0. The van der Waals surface area contributed by atoms with Crippen LogP contribution in [-0.2, 0) is 0 Å². The fourth-order valence-electron chi connectivity index (χ4n) is 0. The van der Waals surface area contributed by atoms with Crippen molar-refractivity contribution in [2.75, 3.05) is 0 Å². The van der Waals surface area contributed by atoms with Gasteiger partial charge in [-0.15, -0.1) is 0 Å². The van der Waals surface area contributed by atoms with Crippen LogP contribution in [0.1, 0.15) is 1.43 Å². The van der Waals surface area contributed by atoms with Crippen molar-refractivity contribution in [2.24, 2.45) is 0 Å². The summed E-state index contributed by atoms with van der Waals surface area (Å²) in [5, 5.41) is 0. The summed E-state index contributed by atoms with van der Waals surface area (Å²) in [6, 6.07) is 0. The Kier molecular flexibility index (Phi) is 321000. The smallest absolute Gasteiger partial charge is 0.269 e. The van der Waals surface area contributed by atoms with Gasteiger partial charge in [0.1, 0.15) is 0 Å². The normalized spacial score (nSPS) is 0. The number of halogens is 6. The van der Waals surface area contributed by atoms with E-state index < -0.39 is 0 Å². The number of rotatable bonds is 0. The summed E-state index contributed by atoms with van der Waals surface area (Å²) >= 11 is 0. The van der Waals surface area contributed by atoms with Crippen LogP contribution in [0.15, 0.2) is 0 Å². The molecule has 0 bridgehead atoms. The Morgan fingerprint density at radius 2 is 0.429 bits per heavy atom. The van der Waals surface area contributed by atoms with Crippen molar-refractivity contribution in [3.05, 3.63) is 0 Å². The van der Waals surface area contributed by atoms with Crippen LogP contribution in [-0.4, -0.2) is 24.4 Å². The van der Waals surface area contributed by atoms with E-state index in [0.717, 1.165) is 0 Å². The van der Waals surface area contributed by atoms with Crippen molar-refractivity contribution in [3.63, 3.8) is 0 Å². The van der Waals surface area contributed by atoms with Gasteiger partial charge in [-0.2, -0.15) is 0 Å². The monoisotopic (exact) mass is 242 g/mol. The van der Waals surface area contributed by atoms with Crippen molar-refractivity contribution in [2.45, 2.75) is 0 Å². The maximum Gasteiger partial charge on any atom is 1.00 e. The van der Waals surface area contributed by atoms with Crippen molar-refractivity contribution < 1.29 is 29.7 Å². The molecule has 3 radical (unpaired) electrons. The fourth-order valence-corrected chi connectivity index (χ4v) is 0. The Morgan fingerprint density at radius 3 is 0.429 bits per heavy atom. The van der Waals surface area contributed by atoms with E-state index in [4.69, 9.17) is 0 Å². The van der Waals surface area contributed by atoms with Crippen LogP contribution >= 0.6 is 0 Å². The van der Waals surface area contributed by atoms with E-state index in [1.165, 1.54) is 0 Å². The molecule has 0 unspecified atom stereocenters. The van der Waals surface area contributed by atoms with Gasteiger partial charge in [-0.1, -0.05) is 0 Å². The van der Waals surface area contributed by atoms with Gasteiger partial charge < -0.3 is 0 Å². The average molecular weight is 243 g/mol. The molecule has 0 nitrogen and oxygen atoms in total. The van der Waals surface area contributed by atoms with E-state index in [2.05, 4.69) is 0 Å². The van der Waals surface area contributed by atoms with Crippen LogP contribution in [0.3, 0.4) is 0 Å². The predicted octanol–water partition coefficient (Wildman–Crippen LogP) is 0.647. The minimum Gasteiger partial charge on any atom is -0.269 e. The van der Waals surface area contributed by atoms with E-state index in [1.54, 1.807) is 0 Å². The zero-order valence-electron chi connectivity index (χ0n) is 3.90. The molecule has 0 aromatic rings. The molecule has 0 aromatic heterocycles. The topological polar surface area (TPSA) is 0 Å². The summed E-state index contributed by atoms with van der Waals surface area (Å²) in [4.78, 5) is 0. The fraction of sp³-hybridized carbons (Fsp3) is 0. The molecule has 0 amide bonds. The molecule has 0 N–H and O–H groups in total. The van der Waals surface area contributed by atoms with Crippen LogP contribution in [0.25, 0.3) is 0 Å². The largest absolute Gasteiger partial charge is 1.00 e. The van der Waals surface area contributed by atoms with Crippen molar-refractivity contribution >= 4 is 24.4 Å². The van der Waals surface area contributed by atoms with Gasteiger partial charge in [-0.25, -0.2) is 0 Å². The molecule has 0 atom stereocenters. The second-order valence-electron chi connectivity index (χ2n) is 0. The standard InChI is InChI=1S/6FH.Sb/h6*1H;/p+1. The summed E-state index contributed by atoms with van der Waals surface area (Å²) in [5.74, 6) is 0. The van der Waals surface area contributed by atoms with Gasteiger partial charge in [0.25, 0.3) is 0 Å². The molecule has 0 spiro atoms. The molecular weight excluding hydrogens is 236 g/mol. The van der Waals surface area contributed by atoms with Gasteiger partial charge in [0.05, 0.1) is 0 Å². The molecule has 0 fully saturated rings. The van der Waals surface area contributed by atoms with E-state index in [1.807, 2.05) is 0 Å². The second-order valence-corrected chi connectivity index (χ2v) is 0. The van der Waals surface area contributed by atoms with Gasteiger partial charge in [0, 0.05) is 24.4 Å². The predicted molar refractivity (Wildman–Crippen MR) is 21.9 cm³/mol. The van der Waals surface area contributed by atoms with E-state index in [9.17, 15) is 0 Å². The van der Waals surface area contributed by atoms with Gasteiger partial charge in [0.2, 0.25) is 0 Å². The zero-order valence-corrected chi connectivity index (χ0v) is 5.45. The molecule has 0 rings (SSSR count). The Hall–Kier alpha value is 0.398. The summed E-state index contributed by atoms with van der Waals surface area (Å²) in [6.45, 7) is 0.